The Kier molecular flexibility index (Phi) is 5.63. The molecule has 1 aliphatic heterocycles. The van der Waals surface area contributed by atoms with Crippen LogP contribution in [0.25, 0.3) is 0 Å². The Balaban J connectivity index is 1.60. The van der Waals surface area contributed by atoms with E-state index in [1.165, 1.54) is 18.7 Å². The molecule has 0 fully saturated rings. The van der Waals surface area contributed by atoms with Crippen molar-refractivity contribution in [3.05, 3.63) is 58.6 Å². The van der Waals surface area contributed by atoms with Crippen LogP contribution in [0, 0.1) is 0 Å². The fourth-order valence-corrected chi connectivity index (χ4v) is 3.21. The number of anilines is 1. The molecule has 0 aliphatic carbocycles. The molecule has 1 heterocycles. The van der Waals surface area contributed by atoms with Crippen molar-refractivity contribution < 1.29 is 14.3 Å². The Bertz CT molecular complexity index is 825. The molecular weight excluding hydrogens is 354 g/mol. The van der Waals surface area contributed by atoms with Crippen molar-refractivity contribution in [1.29, 1.82) is 0 Å². The van der Waals surface area contributed by atoms with Crippen LogP contribution in [0.3, 0.4) is 0 Å². The summed E-state index contributed by atoms with van der Waals surface area (Å²) in [6.45, 7) is 0.977. The number of carbonyl (C=O) groups excluding carboxylic acids is 2. The predicted molar refractivity (Wildman–Crippen MR) is 101 cm³/mol. The largest absolute Gasteiger partial charge is 0.496 e. The summed E-state index contributed by atoms with van der Waals surface area (Å²) in [5, 5.41) is 0.409. The Labute approximate surface area is 157 Å². The van der Waals surface area contributed by atoms with Gasteiger partial charge in [-0.25, -0.2) is 0 Å². The minimum Gasteiger partial charge on any atom is -0.496 e. The molecule has 7 heteroatoms. The van der Waals surface area contributed by atoms with Crippen molar-refractivity contribution >= 4 is 29.1 Å². The number of carbonyl (C=O) groups is 2. The van der Waals surface area contributed by atoms with Crippen molar-refractivity contribution in [1.82, 2.24) is 10.9 Å². The van der Waals surface area contributed by atoms with Gasteiger partial charge in [-0.2, -0.15) is 0 Å². The first-order valence-corrected chi connectivity index (χ1v) is 8.72. The zero-order valence-electron chi connectivity index (χ0n) is 14.4. The molecule has 1 aliphatic rings. The Morgan fingerprint density at radius 1 is 1.19 bits per heavy atom. The molecule has 2 amide bonds. The number of methoxy groups -OCH3 is 1. The van der Waals surface area contributed by atoms with Crippen LogP contribution in [0.5, 0.6) is 5.75 Å². The number of hydrogen-bond donors (Lipinski definition) is 2. The summed E-state index contributed by atoms with van der Waals surface area (Å²) in [6.07, 6.45) is 2.01. The average Bonchev–Trinajstić information content (AvgIpc) is 2.66. The van der Waals surface area contributed by atoms with Gasteiger partial charge in [0.25, 0.3) is 11.8 Å². The maximum Gasteiger partial charge on any atom is 0.273 e. The third kappa shape index (κ3) is 4.08. The Hall–Kier alpha value is -2.73. The lowest BCUT2D eigenvalue weighted by Crippen LogP contribution is -2.47. The number of aryl methyl sites for hydroxylation is 1. The number of rotatable bonds is 4. The van der Waals surface area contributed by atoms with Crippen LogP contribution in [0.15, 0.2) is 42.5 Å². The van der Waals surface area contributed by atoms with Gasteiger partial charge in [0.2, 0.25) is 0 Å². The highest BCUT2D eigenvalue weighted by atomic mass is 35.5. The number of benzene rings is 2. The summed E-state index contributed by atoms with van der Waals surface area (Å²) in [4.78, 5) is 26.6. The lowest BCUT2D eigenvalue weighted by molar-refractivity contribution is -0.120. The molecule has 0 bridgehead atoms. The van der Waals surface area contributed by atoms with E-state index in [1.54, 1.807) is 12.1 Å². The topological polar surface area (TPSA) is 70.7 Å². The third-order valence-electron chi connectivity index (χ3n) is 4.26. The van der Waals surface area contributed by atoms with E-state index in [4.69, 9.17) is 16.3 Å². The van der Waals surface area contributed by atoms with Gasteiger partial charge in [-0.3, -0.25) is 20.4 Å². The number of hydrogen-bond acceptors (Lipinski definition) is 4. The number of amides is 2. The van der Waals surface area contributed by atoms with Crippen LogP contribution in [0.4, 0.5) is 5.69 Å². The molecule has 0 radical (unpaired) electrons. The number of halogens is 1. The number of hydrazine groups is 1. The zero-order valence-corrected chi connectivity index (χ0v) is 15.2. The predicted octanol–water partition coefficient (Wildman–Crippen LogP) is 2.56. The van der Waals surface area contributed by atoms with Crippen LogP contribution in [-0.2, 0) is 11.2 Å². The van der Waals surface area contributed by atoms with Crippen LogP contribution in [0.2, 0.25) is 5.02 Å². The molecular formula is C19H20ClN3O3. The maximum atomic E-state index is 12.3. The summed E-state index contributed by atoms with van der Waals surface area (Å²) in [6, 6.07) is 12.8. The SMILES string of the molecule is COc1ccc(Cl)cc1C(=O)NNC(=O)CN1CCCc2ccccc21. The van der Waals surface area contributed by atoms with E-state index in [9.17, 15) is 9.59 Å². The highest BCUT2D eigenvalue weighted by Crippen LogP contribution is 2.26. The lowest BCUT2D eigenvalue weighted by Gasteiger charge is -2.30. The minimum absolute atomic E-state index is 0.171. The first kappa shape index (κ1) is 18.1. The van der Waals surface area contributed by atoms with Gasteiger partial charge in [-0.15, -0.1) is 0 Å². The molecule has 0 atom stereocenters. The van der Waals surface area contributed by atoms with E-state index in [0.29, 0.717) is 10.8 Å². The van der Waals surface area contributed by atoms with Crippen molar-refractivity contribution in [3.63, 3.8) is 0 Å². The maximum absolute atomic E-state index is 12.3. The normalized spacial score (nSPS) is 12.9. The molecule has 0 saturated heterocycles. The number of nitrogens with one attached hydrogen (secondary N) is 2. The number of para-hydroxylation sites is 1. The van der Waals surface area contributed by atoms with Crippen molar-refractivity contribution in [2.45, 2.75) is 12.8 Å². The van der Waals surface area contributed by atoms with Gasteiger partial charge < -0.3 is 9.64 Å². The summed E-state index contributed by atoms with van der Waals surface area (Å²) < 4.78 is 5.15. The summed E-state index contributed by atoms with van der Waals surface area (Å²) >= 11 is 5.93. The summed E-state index contributed by atoms with van der Waals surface area (Å²) in [7, 11) is 1.46. The molecule has 2 aromatic rings. The first-order valence-electron chi connectivity index (χ1n) is 8.34. The summed E-state index contributed by atoms with van der Waals surface area (Å²) in [5.41, 5.74) is 7.42. The third-order valence-corrected chi connectivity index (χ3v) is 4.50. The fraction of sp³-hybridized carbons (Fsp3) is 0.263. The van der Waals surface area contributed by atoms with E-state index in [1.807, 2.05) is 23.1 Å². The summed E-state index contributed by atoms with van der Waals surface area (Å²) in [5.74, 6) is -0.404. The standard InChI is InChI=1S/C19H20ClN3O3/c1-26-17-9-8-14(20)11-15(17)19(25)22-21-18(24)12-23-10-4-6-13-5-2-3-7-16(13)23/h2-3,5,7-9,11H,4,6,10,12H2,1H3,(H,21,24)(H,22,25). The number of ether oxygens (including phenoxy) is 1. The van der Waals surface area contributed by atoms with Gasteiger partial charge in [0, 0.05) is 17.3 Å². The highest BCUT2D eigenvalue weighted by Gasteiger charge is 2.19. The van der Waals surface area contributed by atoms with E-state index >= 15 is 0 Å². The Morgan fingerprint density at radius 2 is 2.00 bits per heavy atom. The van der Waals surface area contributed by atoms with Crippen LogP contribution in [-0.4, -0.2) is 32.0 Å². The van der Waals surface area contributed by atoms with Gasteiger partial charge in [0.05, 0.1) is 19.2 Å². The van der Waals surface area contributed by atoms with Gasteiger partial charge in [-0.1, -0.05) is 29.8 Å². The van der Waals surface area contributed by atoms with Crippen molar-refractivity contribution in [2.24, 2.45) is 0 Å². The Morgan fingerprint density at radius 3 is 2.81 bits per heavy atom. The minimum atomic E-state index is -0.489. The fourth-order valence-electron chi connectivity index (χ4n) is 3.04. The van der Waals surface area contributed by atoms with Gasteiger partial charge in [0.15, 0.2) is 0 Å². The second kappa shape index (κ2) is 8.10. The average molecular weight is 374 g/mol. The molecule has 0 unspecified atom stereocenters. The zero-order chi connectivity index (χ0) is 18.5. The van der Waals surface area contributed by atoms with E-state index in [2.05, 4.69) is 16.9 Å². The molecule has 0 spiro atoms. The van der Waals surface area contributed by atoms with E-state index in [0.717, 1.165) is 25.1 Å². The number of fused-ring (bicyclic) bond motifs is 1. The second-order valence-corrected chi connectivity index (χ2v) is 6.44. The monoisotopic (exact) mass is 373 g/mol. The lowest BCUT2D eigenvalue weighted by atomic mass is 10.0. The first-order chi connectivity index (χ1) is 12.6. The van der Waals surface area contributed by atoms with Crippen LogP contribution >= 0.6 is 11.6 Å². The smallest absolute Gasteiger partial charge is 0.273 e. The highest BCUT2D eigenvalue weighted by molar-refractivity contribution is 6.31. The van der Waals surface area contributed by atoms with Gasteiger partial charge >= 0.3 is 0 Å². The van der Waals surface area contributed by atoms with E-state index < -0.39 is 5.91 Å². The van der Waals surface area contributed by atoms with Crippen LogP contribution in [0.1, 0.15) is 22.3 Å². The quantitative estimate of drug-likeness (QED) is 0.808. The van der Waals surface area contributed by atoms with Crippen LogP contribution < -0.4 is 20.5 Å². The van der Waals surface area contributed by atoms with Gasteiger partial charge in [-0.05, 0) is 42.7 Å². The molecule has 2 aromatic carbocycles. The molecule has 136 valence electrons. The van der Waals surface area contributed by atoms with E-state index in [-0.39, 0.29) is 18.0 Å². The van der Waals surface area contributed by atoms with Gasteiger partial charge in [0.1, 0.15) is 5.75 Å². The molecule has 2 N–H and O–H groups in total. The molecule has 6 nitrogen and oxygen atoms in total. The molecule has 26 heavy (non-hydrogen) atoms. The van der Waals surface area contributed by atoms with Crippen molar-refractivity contribution in [2.75, 3.05) is 25.1 Å². The molecule has 0 aromatic heterocycles. The van der Waals surface area contributed by atoms with Crippen molar-refractivity contribution in [3.8, 4) is 5.75 Å². The molecule has 3 rings (SSSR count). The molecule has 0 saturated carbocycles. The number of nitrogens with zero attached hydrogens (tertiary/aromatic N) is 1. The second-order valence-electron chi connectivity index (χ2n) is 6.00.